The summed E-state index contributed by atoms with van der Waals surface area (Å²) in [5, 5.41) is 0.399. The zero-order chi connectivity index (χ0) is 21.3. The van der Waals surface area contributed by atoms with Gasteiger partial charge in [0, 0.05) is 50.0 Å². The summed E-state index contributed by atoms with van der Waals surface area (Å²) in [5.74, 6) is 0.695. The lowest BCUT2D eigenvalue weighted by Gasteiger charge is -2.36. The molecule has 0 radical (unpaired) electrons. The number of nitrogens with zero attached hydrogens (tertiary/aromatic N) is 3. The van der Waals surface area contributed by atoms with Crippen LogP contribution in [0, 0.1) is 0 Å². The van der Waals surface area contributed by atoms with Crippen LogP contribution in [0.4, 0.5) is 5.69 Å². The predicted molar refractivity (Wildman–Crippen MR) is 116 cm³/mol. The maximum Gasteiger partial charge on any atom is 0.328 e. The van der Waals surface area contributed by atoms with Crippen LogP contribution in [-0.4, -0.2) is 53.6 Å². The quantitative estimate of drug-likeness (QED) is 0.710. The van der Waals surface area contributed by atoms with Crippen molar-refractivity contribution in [1.29, 1.82) is 0 Å². The number of benzene rings is 2. The molecular weight excluding hydrogens is 384 g/mol. The molecule has 2 aromatic carbocycles. The first kappa shape index (κ1) is 19.8. The first-order valence-electron chi connectivity index (χ1n) is 9.97. The fourth-order valence-electron chi connectivity index (χ4n) is 3.83. The number of methoxy groups -OCH3 is 1. The molecule has 1 saturated heterocycles. The van der Waals surface area contributed by atoms with Crippen LogP contribution in [0.25, 0.3) is 10.9 Å². The standard InChI is InChI=1S/C22H24N4O4/c1-3-26-21(28)18-8-7-15(13-19(18)23-22(26)29)20(27)25-11-9-24(10-12-25)16-5-4-6-17(14-16)30-2/h4-8,13-14H,3,9-12H2,1-2H3,(H,23,29). The summed E-state index contributed by atoms with van der Waals surface area (Å²) in [4.78, 5) is 44.2. The van der Waals surface area contributed by atoms with Crippen LogP contribution in [-0.2, 0) is 6.54 Å². The maximum atomic E-state index is 13.0. The summed E-state index contributed by atoms with van der Waals surface area (Å²) < 4.78 is 6.43. The highest BCUT2D eigenvalue weighted by atomic mass is 16.5. The molecule has 4 rings (SSSR count). The van der Waals surface area contributed by atoms with Crippen LogP contribution < -0.4 is 20.9 Å². The third-order valence-corrected chi connectivity index (χ3v) is 5.53. The van der Waals surface area contributed by atoms with Gasteiger partial charge in [-0.2, -0.15) is 0 Å². The molecule has 30 heavy (non-hydrogen) atoms. The number of ether oxygens (including phenoxy) is 1. The number of aromatic amines is 1. The molecule has 0 aliphatic carbocycles. The number of anilines is 1. The van der Waals surface area contributed by atoms with Gasteiger partial charge in [-0.3, -0.25) is 14.2 Å². The summed E-state index contributed by atoms with van der Waals surface area (Å²) >= 11 is 0. The van der Waals surface area contributed by atoms with E-state index in [-0.39, 0.29) is 11.5 Å². The molecule has 0 bridgehead atoms. The molecule has 0 unspecified atom stereocenters. The highest BCUT2D eigenvalue weighted by Crippen LogP contribution is 2.22. The molecule has 1 N–H and O–H groups in total. The van der Waals surface area contributed by atoms with Crippen molar-refractivity contribution in [3.8, 4) is 5.75 Å². The van der Waals surface area contributed by atoms with Gasteiger partial charge in [-0.05, 0) is 37.3 Å². The van der Waals surface area contributed by atoms with Gasteiger partial charge in [-0.15, -0.1) is 0 Å². The highest BCUT2D eigenvalue weighted by Gasteiger charge is 2.23. The molecular formula is C22H24N4O4. The summed E-state index contributed by atoms with van der Waals surface area (Å²) in [7, 11) is 1.64. The van der Waals surface area contributed by atoms with Gasteiger partial charge in [0.25, 0.3) is 11.5 Å². The number of hydrogen-bond donors (Lipinski definition) is 1. The Bertz CT molecular complexity index is 1210. The van der Waals surface area contributed by atoms with E-state index in [1.807, 2.05) is 24.3 Å². The van der Waals surface area contributed by atoms with E-state index in [4.69, 9.17) is 4.74 Å². The molecule has 2 heterocycles. The lowest BCUT2D eigenvalue weighted by atomic mass is 10.1. The average molecular weight is 408 g/mol. The van der Waals surface area contributed by atoms with E-state index in [0.29, 0.717) is 49.2 Å². The van der Waals surface area contributed by atoms with E-state index in [9.17, 15) is 14.4 Å². The average Bonchev–Trinajstić information content (AvgIpc) is 2.78. The largest absolute Gasteiger partial charge is 0.497 e. The molecule has 1 fully saturated rings. The van der Waals surface area contributed by atoms with Crippen molar-refractivity contribution >= 4 is 22.5 Å². The van der Waals surface area contributed by atoms with E-state index < -0.39 is 5.69 Å². The number of rotatable bonds is 4. The van der Waals surface area contributed by atoms with Crippen molar-refractivity contribution in [2.75, 3.05) is 38.2 Å². The van der Waals surface area contributed by atoms with Gasteiger partial charge in [0.15, 0.2) is 0 Å². The maximum absolute atomic E-state index is 13.0. The van der Waals surface area contributed by atoms with E-state index in [1.54, 1.807) is 37.1 Å². The number of aromatic nitrogens is 2. The second kappa shape index (κ2) is 8.06. The molecule has 3 aromatic rings. The van der Waals surface area contributed by atoms with E-state index in [0.717, 1.165) is 16.0 Å². The number of fused-ring (bicyclic) bond motifs is 1. The Morgan fingerprint density at radius 1 is 1.07 bits per heavy atom. The van der Waals surface area contributed by atoms with Gasteiger partial charge >= 0.3 is 5.69 Å². The monoisotopic (exact) mass is 408 g/mol. The summed E-state index contributed by atoms with van der Waals surface area (Å²) in [6, 6.07) is 12.7. The lowest BCUT2D eigenvalue weighted by Crippen LogP contribution is -2.48. The number of piperazine rings is 1. The van der Waals surface area contributed by atoms with E-state index in [1.165, 1.54) is 0 Å². The molecule has 8 heteroatoms. The Hall–Kier alpha value is -3.55. The van der Waals surface area contributed by atoms with Crippen molar-refractivity contribution in [3.63, 3.8) is 0 Å². The van der Waals surface area contributed by atoms with Crippen molar-refractivity contribution in [2.45, 2.75) is 13.5 Å². The number of carbonyl (C=O) groups excluding carboxylic acids is 1. The molecule has 0 spiro atoms. The minimum atomic E-state index is -0.466. The second-order valence-electron chi connectivity index (χ2n) is 7.22. The molecule has 0 atom stereocenters. The van der Waals surface area contributed by atoms with E-state index >= 15 is 0 Å². The highest BCUT2D eigenvalue weighted by molar-refractivity contribution is 5.97. The zero-order valence-electron chi connectivity index (χ0n) is 17.1. The molecule has 156 valence electrons. The molecule has 1 aliphatic rings. The normalized spacial score (nSPS) is 14.2. The number of carbonyl (C=O) groups is 1. The van der Waals surface area contributed by atoms with Crippen molar-refractivity contribution in [3.05, 3.63) is 68.9 Å². The van der Waals surface area contributed by atoms with Gasteiger partial charge in [0.1, 0.15) is 5.75 Å². The lowest BCUT2D eigenvalue weighted by molar-refractivity contribution is 0.0747. The molecule has 0 saturated carbocycles. The minimum Gasteiger partial charge on any atom is -0.497 e. The molecule has 1 amide bonds. The third-order valence-electron chi connectivity index (χ3n) is 5.53. The van der Waals surface area contributed by atoms with Crippen molar-refractivity contribution in [2.24, 2.45) is 0 Å². The van der Waals surface area contributed by atoms with Gasteiger partial charge < -0.3 is 19.5 Å². The van der Waals surface area contributed by atoms with Crippen molar-refractivity contribution < 1.29 is 9.53 Å². The Morgan fingerprint density at radius 2 is 1.83 bits per heavy atom. The predicted octanol–water partition coefficient (Wildman–Crippen LogP) is 1.68. The van der Waals surface area contributed by atoms with Crippen LogP contribution in [0.3, 0.4) is 0 Å². The second-order valence-corrected chi connectivity index (χ2v) is 7.22. The number of H-pyrrole nitrogens is 1. The first-order valence-corrected chi connectivity index (χ1v) is 9.97. The summed E-state index contributed by atoms with van der Waals surface area (Å²) in [6.45, 7) is 4.63. The number of amides is 1. The zero-order valence-corrected chi connectivity index (χ0v) is 17.1. The number of nitrogens with one attached hydrogen (secondary N) is 1. The van der Waals surface area contributed by atoms with Crippen LogP contribution in [0.5, 0.6) is 5.75 Å². The topological polar surface area (TPSA) is 87.6 Å². The van der Waals surface area contributed by atoms with E-state index in [2.05, 4.69) is 9.88 Å². The van der Waals surface area contributed by atoms with Gasteiger partial charge in [-0.25, -0.2) is 4.79 Å². The van der Waals surface area contributed by atoms with Crippen molar-refractivity contribution in [1.82, 2.24) is 14.5 Å². The van der Waals surface area contributed by atoms with Crippen LogP contribution in [0.1, 0.15) is 17.3 Å². The minimum absolute atomic E-state index is 0.109. The Balaban J connectivity index is 1.52. The Morgan fingerprint density at radius 3 is 2.53 bits per heavy atom. The summed E-state index contributed by atoms with van der Waals surface area (Å²) in [6.07, 6.45) is 0. The molecule has 1 aliphatic heterocycles. The number of hydrogen-bond acceptors (Lipinski definition) is 5. The van der Waals surface area contributed by atoms with Gasteiger partial charge in [-0.1, -0.05) is 6.07 Å². The van der Waals surface area contributed by atoms with Crippen LogP contribution >= 0.6 is 0 Å². The molecule has 1 aromatic heterocycles. The van der Waals surface area contributed by atoms with Gasteiger partial charge in [0.05, 0.1) is 18.0 Å². The third kappa shape index (κ3) is 3.56. The SMILES string of the molecule is CCn1c(=O)[nH]c2cc(C(=O)N3CCN(c4cccc(OC)c4)CC3)ccc2c1=O. The van der Waals surface area contributed by atoms with Crippen LogP contribution in [0.2, 0.25) is 0 Å². The fourth-order valence-corrected chi connectivity index (χ4v) is 3.83. The Labute approximate surface area is 173 Å². The van der Waals surface area contributed by atoms with Crippen LogP contribution in [0.15, 0.2) is 52.1 Å². The molecule has 8 nitrogen and oxygen atoms in total. The van der Waals surface area contributed by atoms with Gasteiger partial charge in [0.2, 0.25) is 0 Å². The fraction of sp³-hybridized carbons (Fsp3) is 0.318. The first-order chi connectivity index (χ1) is 14.5. The Kier molecular flexibility index (Phi) is 5.31. The summed E-state index contributed by atoms with van der Waals surface area (Å²) in [5.41, 5.74) is 1.10. The smallest absolute Gasteiger partial charge is 0.328 e.